The second-order valence-electron chi connectivity index (χ2n) is 6.46. The molecule has 0 fully saturated rings. The highest BCUT2D eigenvalue weighted by Crippen LogP contribution is 2.26. The topological polar surface area (TPSA) is 55.9 Å². The summed E-state index contributed by atoms with van der Waals surface area (Å²) in [6.45, 7) is 7.30. The number of rotatable bonds is 1. The van der Waals surface area contributed by atoms with Crippen LogP contribution >= 0.6 is 12.2 Å². The zero-order valence-electron chi connectivity index (χ0n) is 12.6. The molecule has 0 spiro atoms. The van der Waals surface area contributed by atoms with Gasteiger partial charge in [0.15, 0.2) is 0 Å². The lowest BCUT2D eigenvalue weighted by Crippen LogP contribution is -2.31. The minimum Gasteiger partial charge on any atom is -0.384 e. The number of aromatic nitrogens is 2. The molecule has 2 aromatic rings. The van der Waals surface area contributed by atoms with Gasteiger partial charge in [-0.2, -0.15) is 5.10 Å². The summed E-state index contributed by atoms with van der Waals surface area (Å²) in [6, 6.07) is 8.19. The molecule has 1 aromatic heterocycles. The van der Waals surface area contributed by atoms with E-state index in [1.54, 1.807) is 4.68 Å². The standard InChI is InChI=1S/C16H20N4S/c1-16(2,3)13-9-14(17)20(19-13)11-5-4-10-6-7-18-15(21)12(10)8-11/h4-5,8-9H,6-7,17H2,1-3H3,(H,18,21). The first-order valence-electron chi connectivity index (χ1n) is 7.14. The quantitative estimate of drug-likeness (QED) is 0.795. The van der Waals surface area contributed by atoms with Crippen molar-refractivity contribution in [1.82, 2.24) is 15.1 Å². The summed E-state index contributed by atoms with van der Waals surface area (Å²) in [5, 5.41) is 7.88. The molecular weight excluding hydrogens is 280 g/mol. The molecule has 1 aliphatic rings. The Kier molecular flexibility index (Phi) is 3.24. The lowest BCUT2D eigenvalue weighted by Gasteiger charge is -2.19. The van der Waals surface area contributed by atoms with Crippen LogP contribution in [-0.4, -0.2) is 21.3 Å². The van der Waals surface area contributed by atoms with E-state index in [1.165, 1.54) is 5.56 Å². The molecule has 0 atom stereocenters. The van der Waals surface area contributed by atoms with Gasteiger partial charge in [0.2, 0.25) is 0 Å². The Labute approximate surface area is 130 Å². The minimum absolute atomic E-state index is 0.0234. The van der Waals surface area contributed by atoms with E-state index in [0.717, 1.165) is 34.9 Å². The number of hydrogen-bond donors (Lipinski definition) is 2. The number of hydrogen-bond acceptors (Lipinski definition) is 3. The van der Waals surface area contributed by atoms with Gasteiger partial charge in [-0.05, 0) is 24.1 Å². The van der Waals surface area contributed by atoms with Crippen LogP contribution in [0, 0.1) is 0 Å². The molecule has 21 heavy (non-hydrogen) atoms. The fourth-order valence-electron chi connectivity index (χ4n) is 2.50. The number of nitrogen functional groups attached to an aromatic ring is 1. The SMILES string of the molecule is CC(C)(C)c1cc(N)n(-c2ccc3c(c2)C(=S)NCC3)n1. The Balaban J connectivity index is 2.07. The van der Waals surface area contributed by atoms with Crippen LogP contribution in [0.3, 0.4) is 0 Å². The fraction of sp³-hybridized carbons (Fsp3) is 0.375. The molecule has 2 heterocycles. The first-order valence-corrected chi connectivity index (χ1v) is 7.54. The van der Waals surface area contributed by atoms with Crippen molar-refractivity contribution < 1.29 is 0 Å². The Morgan fingerprint density at radius 2 is 2.05 bits per heavy atom. The molecule has 4 nitrogen and oxygen atoms in total. The molecular formula is C16H20N4S. The largest absolute Gasteiger partial charge is 0.384 e. The van der Waals surface area contributed by atoms with Crippen molar-refractivity contribution in [2.24, 2.45) is 0 Å². The van der Waals surface area contributed by atoms with E-state index in [-0.39, 0.29) is 5.41 Å². The van der Waals surface area contributed by atoms with Gasteiger partial charge in [0.1, 0.15) is 10.8 Å². The van der Waals surface area contributed by atoms with Gasteiger partial charge in [-0.25, -0.2) is 4.68 Å². The summed E-state index contributed by atoms with van der Waals surface area (Å²) >= 11 is 5.40. The third-order valence-corrected chi connectivity index (χ3v) is 4.13. The molecule has 110 valence electrons. The summed E-state index contributed by atoms with van der Waals surface area (Å²) in [7, 11) is 0. The lowest BCUT2D eigenvalue weighted by molar-refractivity contribution is 0.560. The molecule has 3 rings (SSSR count). The second-order valence-corrected chi connectivity index (χ2v) is 6.87. The zero-order valence-corrected chi connectivity index (χ0v) is 13.4. The molecule has 0 saturated carbocycles. The fourth-order valence-corrected chi connectivity index (χ4v) is 2.79. The van der Waals surface area contributed by atoms with Gasteiger partial charge in [-0.1, -0.05) is 39.1 Å². The van der Waals surface area contributed by atoms with E-state index in [2.05, 4.69) is 49.4 Å². The molecule has 1 aromatic carbocycles. The molecule has 1 aliphatic heterocycles. The van der Waals surface area contributed by atoms with Crippen LogP contribution < -0.4 is 11.1 Å². The number of thiocarbonyl (C=S) groups is 1. The third kappa shape index (κ3) is 2.53. The maximum absolute atomic E-state index is 6.13. The highest BCUT2D eigenvalue weighted by atomic mass is 32.1. The summed E-state index contributed by atoms with van der Waals surface area (Å²) in [4.78, 5) is 0.805. The Morgan fingerprint density at radius 3 is 2.71 bits per heavy atom. The van der Waals surface area contributed by atoms with Gasteiger partial charge in [-0.15, -0.1) is 0 Å². The van der Waals surface area contributed by atoms with Crippen LogP contribution in [0.1, 0.15) is 37.6 Å². The van der Waals surface area contributed by atoms with Crippen LogP contribution in [-0.2, 0) is 11.8 Å². The molecule has 0 saturated heterocycles. The normalized spacial score (nSPS) is 14.7. The van der Waals surface area contributed by atoms with E-state index in [1.807, 2.05) is 6.07 Å². The molecule has 0 amide bonds. The van der Waals surface area contributed by atoms with Crippen LogP contribution in [0.25, 0.3) is 5.69 Å². The van der Waals surface area contributed by atoms with Crippen LogP contribution in [0.15, 0.2) is 24.3 Å². The van der Waals surface area contributed by atoms with Crippen molar-refractivity contribution in [3.63, 3.8) is 0 Å². The molecule has 3 N–H and O–H groups in total. The highest BCUT2D eigenvalue weighted by Gasteiger charge is 2.20. The predicted molar refractivity (Wildman–Crippen MR) is 90.1 cm³/mol. The number of fused-ring (bicyclic) bond motifs is 1. The zero-order chi connectivity index (χ0) is 15.2. The first kappa shape index (κ1) is 14.1. The second kappa shape index (κ2) is 4.84. The highest BCUT2D eigenvalue weighted by molar-refractivity contribution is 7.80. The molecule has 0 radical (unpaired) electrons. The van der Waals surface area contributed by atoms with Gasteiger partial charge in [-0.3, -0.25) is 0 Å². The Hall–Kier alpha value is -1.88. The summed E-state index contributed by atoms with van der Waals surface area (Å²) < 4.78 is 1.79. The van der Waals surface area contributed by atoms with Crippen molar-refractivity contribution in [1.29, 1.82) is 0 Å². The van der Waals surface area contributed by atoms with E-state index >= 15 is 0 Å². The lowest BCUT2D eigenvalue weighted by atomic mass is 9.92. The predicted octanol–water partition coefficient (Wildman–Crippen LogP) is 2.57. The minimum atomic E-state index is -0.0234. The van der Waals surface area contributed by atoms with Gasteiger partial charge < -0.3 is 11.1 Å². The maximum Gasteiger partial charge on any atom is 0.127 e. The van der Waals surface area contributed by atoms with Crippen molar-refractivity contribution in [2.75, 3.05) is 12.3 Å². The van der Waals surface area contributed by atoms with E-state index in [9.17, 15) is 0 Å². The average Bonchev–Trinajstić information content (AvgIpc) is 2.81. The van der Waals surface area contributed by atoms with Gasteiger partial charge in [0.25, 0.3) is 0 Å². The molecule has 0 bridgehead atoms. The van der Waals surface area contributed by atoms with Gasteiger partial charge in [0.05, 0.1) is 11.4 Å². The van der Waals surface area contributed by atoms with Crippen LogP contribution in [0.2, 0.25) is 0 Å². The van der Waals surface area contributed by atoms with Gasteiger partial charge >= 0.3 is 0 Å². The van der Waals surface area contributed by atoms with Crippen molar-refractivity contribution in [2.45, 2.75) is 32.6 Å². The van der Waals surface area contributed by atoms with Crippen molar-refractivity contribution in [3.05, 3.63) is 41.1 Å². The van der Waals surface area contributed by atoms with E-state index < -0.39 is 0 Å². The summed E-state index contributed by atoms with van der Waals surface area (Å²) in [5.74, 6) is 0.648. The van der Waals surface area contributed by atoms with Crippen molar-refractivity contribution >= 4 is 23.0 Å². The van der Waals surface area contributed by atoms with Gasteiger partial charge in [0, 0.05) is 23.6 Å². The van der Waals surface area contributed by atoms with E-state index in [0.29, 0.717) is 5.82 Å². The van der Waals surface area contributed by atoms with Crippen molar-refractivity contribution in [3.8, 4) is 5.69 Å². The Morgan fingerprint density at radius 1 is 1.29 bits per heavy atom. The van der Waals surface area contributed by atoms with E-state index in [4.69, 9.17) is 18.0 Å². The smallest absolute Gasteiger partial charge is 0.127 e. The number of anilines is 1. The number of nitrogens with zero attached hydrogens (tertiary/aromatic N) is 2. The Bertz CT molecular complexity index is 710. The molecule has 0 aliphatic carbocycles. The number of nitrogens with one attached hydrogen (secondary N) is 1. The monoisotopic (exact) mass is 300 g/mol. The molecule has 5 heteroatoms. The van der Waals surface area contributed by atoms with Crippen LogP contribution in [0.5, 0.6) is 0 Å². The first-order chi connectivity index (χ1) is 9.86. The maximum atomic E-state index is 6.13. The number of benzene rings is 1. The number of nitrogens with two attached hydrogens (primary N) is 1. The summed E-state index contributed by atoms with van der Waals surface area (Å²) in [5.41, 5.74) is 10.4. The third-order valence-electron chi connectivity index (χ3n) is 3.77. The van der Waals surface area contributed by atoms with Crippen LogP contribution in [0.4, 0.5) is 5.82 Å². The summed E-state index contributed by atoms with van der Waals surface area (Å²) in [6.07, 6.45) is 0.998. The molecule has 0 unspecified atom stereocenters. The average molecular weight is 300 g/mol.